The van der Waals surface area contributed by atoms with E-state index in [4.69, 9.17) is 0 Å². The van der Waals surface area contributed by atoms with E-state index in [1.54, 1.807) is 0 Å². The number of unbranched alkanes of at least 4 members (excludes halogenated alkanes) is 4. The molecule has 0 fully saturated rings. The van der Waals surface area contributed by atoms with Crippen molar-refractivity contribution >= 4 is 0 Å². The molecular formula is C25H44O. The monoisotopic (exact) mass is 360 g/mol. The van der Waals surface area contributed by atoms with Crippen LogP contribution in [0.3, 0.4) is 0 Å². The highest BCUT2D eigenvalue weighted by Crippen LogP contribution is 2.29. The van der Waals surface area contributed by atoms with Crippen molar-refractivity contribution in [2.75, 3.05) is 0 Å². The Labute approximate surface area is 163 Å². The van der Waals surface area contributed by atoms with Gasteiger partial charge in [0.2, 0.25) is 0 Å². The first kappa shape index (κ1) is 23.1. The van der Waals surface area contributed by atoms with Crippen molar-refractivity contribution in [1.29, 1.82) is 0 Å². The average Bonchev–Trinajstić information content (AvgIpc) is 2.48. The van der Waals surface area contributed by atoms with E-state index in [2.05, 4.69) is 60.6 Å². The summed E-state index contributed by atoms with van der Waals surface area (Å²) in [6.07, 6.45) is 12.0. The number of aryl methyl sites for hydroxylation is 3. The van der Waals surface area contributed by atoms with Crippen molar-refractivity contribution < 1.29 is 5.11 Å². The van der Waals surface area contributed by atoms with Crippen LogP contribution in [0.1, 0.15) is 110 Å². The molecule has 0 spiro atoms. The standard InChI is InChI=1S/C25H44O/c1-20-18-21(14-10-8-12-16-24(2,3)4)23(26)22(19-20)15-11-9-13-17-25(5,6)7/h18-19,26H,8-17H2,1-7H3. The summed E-state index contributed by atoms with van der Waals surface area (Å²) < 4.78 is 0. The van der Waals surface area contributed by atoms with Crippen molar-refractivity contribution in [1.82, 2.24) is 0 Å². The number of phenolic OH excluding ortho intramolecular Hbond substituents is 1. The molecule has 0 unspecified atom stereocenters. The molecule has 0 amide bonds. The summed E-state index contributed by atoms with van der Waals surface area (Å²) in [6, 6.07) is 4.37. The molecule has 1 aromatic rings. The van der Waals surface area contributed by atoms with Gasteiger partial charge in [0.25, 0.3) is 0 Å². The Morgan fingerprint density at radius 3 is 1.38 bits per heavy atom. The first-order chi connectivity index (χ1) is 12.0. The van der Waals surface area contributed by atoms with Gasteiger partial charge in [-0.2, -0.15) is 0 Å². The Balaban J connectivity index is 2.46. The summed E-state index contributed by atoms with van der Waals surface area (Å²) in [6.45, 7) is 16.0. The second-order valence-electron chi connectivity index (χ2n) is 10.7. The molecule has 1 aromatic carbocycles. The lowest BCUT2D eigenvalue weighted by atomic mass is 9.88. The molecule has 0 heterocycles. The van der Waals surface area contributed by atoms with Crippen molar-refractivity contribution in [3.05, 3.63) is 28.8 Å². The van der Waals surface area contributed by atoms with Gasteiger partial charge in [-0.3, -0.25) is 0 Å². The smallest absolute Gasteiger partial charge is 0.121 e. The van der Waals surface area contributed by atoms with Gasteiger partial charge in [0.15, 0.2) is 0 Å². The summed E-state index contributed by atoms with van der Waals surface area (Å²) in [5.41, 5.74) is 4.48. The Bertz CT molecular complexity index is 483. The van der Waals surface area contributed by atoms with Crippen molar-refractivity contribution in [3.8, 4) is 5.75 Å². The fourth-order valence-electron chi connectivity index (χ4n) is 3.61. The van der Waals surface area contributed by atoms with E-state index in [-0.39, 0.29) is 0 Å². The number of benzene rings is 1. The van der Waals surface area contributed by atoms with Crippen LogP contribution >= 0.6 is 0 Å². The minimum absolute atomic E-state index is 0.436. The van der Waals surface area contributed by atoms with Crippen molar-refractivity contribution in [2.24, 2.45) is 10.8 Å². The molecule has 0 atom stereocenters. The second-order valence-corrected chi connectivity index (χ2v) is 10.7. The maximum Gasteiger partial charge on any atom is 0.121 e. The lowest BCUT2D eigenvalue weighted by Gasteiger charge is -2.18. The number of phenols is 1. The van der Waals surface area contributed by atoms with Crippen LogP contribution in [0.4, 0.5) is 0 Å². The number of hydrogen-bond acceptors (Lipinski definition) is 1. The maximum absolute atomic E-state index is 10.7. The van der Waals surface area contributed by atoms with Crippen molar-refractivity contribution in [2.45, 2.75) is 113 Å². The van der Waals surface area contributed by atoms with Gasteiger partial charge in [0.1, 0.15) is 5.75 Å². The van der Waals surface area contributed by atoms with Crippen LogP contribution in [0, 0.1) is 17.8 Å². The van der Waals surface area contributed by atoms with E-state index < -0.39 is 0 Å². The van der Waals surface area contributed by atoms with Crippen LogP contribution in [-0.2, 0) is 12.8 Å². The minimum Gasteiger partial charge on any atom is -0.507 e. The predicted octanol–water partition coefficient (Wildman–Crippen LogP) is 8.00. The van der Waals surface area contributed by atoms with E-state index >= 15 is 0 Å². The molecule has 1 N–H and O–H groups in total. The van der Waals surface area contributed by atoms with E-state index in [1.807, 2.05) is 0 Å². The Morgan fingerprint density at radius 2 is 1.04 bits per heavy atom. The molecule has 0 radical (unpaired) electrons. The SMILES string of the molecule is Cc1cc(CCCCCC(C)(C)C)c(O)c(CCCCCC(C)(C)C)c1. The molecular weight excluding hydrogens is 316 g/mol. The molecule has 0 aliphatic heterocycles. The first-order valence-electron chi connectivity index (χ1n) is 10.8. The lowest BCUT2D eigenvalue weighted by Crippen LogP contribution is -2.04. The summed E-state index contributed by atoms with van der Waals surface area (Å²) >= 11 is 0. The Hall–Kier alpha value is -0.980. The largest absolute Gasteiger partial charge is 0.507 e. The zero-order chi connectivity index (χ0) is 19.8. The average molecular weight is 361 g/mol. The molecule has 0 aliphatic rings. The summed E-state index contributed by atoms with van der Waals surface area (Å²) in [5, 5.41) is 10.7. The quantitative estimate of drug-likeness (QED) is 0.419. The summed E-state index contributed by atoms with van der Waals surface area (Å²) in [4.78, 5) is 0. The highest BCUT2D eigenvalue weighted by Gasteiger charge is 2.12. The van der Waals surface area contributed by atoms with Crippen LogP contribution in [0.5, 0.6) is 5.75 Å². The zero-order valence-corrected chi connectivity index (χ0v) is 18.7. The first-order valence-corrected chi connectivity index (χ1v) is 10.8. The molecule has 1 rings (SSSR count). The molecule has 1 nitrogen and oxygen atoms in total. The molecule has 1 heteroatoms. The molecule has 0 aromatic heterocycles. The van der Waals surface area contributed by atoms with Gasteiger partial charge in [-0.25, -0.2) is 0 Å². The van der Waals surface area contributed by atoms with E-state index in [0.717, 1.165) is 24.0 Å². The Kier molecular flexibility index (Phi) is 9.21. The van der Waals surface area contributed by atoms with Crippen molar-refractivity contribution in [3.63, 3.8) is 0 Å². The van der Waals surface area contributed by atoms with Crippen LogP contribution in [0.2, 0.25) is 0 Å². The molecule has 0 bridgehead atoms. The number of rotatable bonds is 10. The fourth-order valence-corrected chi connectivity index (χ4v) is 3.61. The lowest BCUT2D eigenvalue weighted by molar-refractivity contribution is 0.357. The molecule has 0 saturated carbocycles. The number of hydrogen-bond donors (Lipinski definition) is 1. The van der Waals surface area contributed by atoms with Gasteiger partial charge >= 0.3 is 0 Å². The highest BCUT2D eigenvalue weighted by molar-refractivity contribution is 5.43. The highest BCUT2D eigenvalue weighted by atomic mass is 16.3. The summed E-state index contributed by atoms with van der Waals surface area (Å²) in [5.74, 6) is 0.572. The van der Waals surface area contributed by atoms with E-state index in [0.29, 0.717) is 16.6 Å². The van der Waals surface area contributed by atoms with Crippen LogP contribution in [0.15, 0.2) is 12.1 Å². The van der Waals surface area contributed by atoms with Gasteiger partial charge in [-0.15, -0.1) is 0 Å². The molecule has 0 saturated heterocycles. The molecule has 0 aliphatic carbocycles. The maximum atomic E-state index is 10.7. The minimum atomic E-state index is 0.436. The van der Waals surface area contributed by atoms with E-state index in [9.17, 15) is 5.11 Å². The third-order valence-electron chi connectivity index (χ3n) is 5.16. The Morgan fingerprint density at radius 1 is 0.654 bits per heavy atom. The van der Waals surface area contributed by atoms with Gasteiger partial charge in [-0.05, 0) is 67.4 Å². The topological polar surface area (TPSA) is 20.2 Å². The normalized spacial score (nSPS) is 12.6. The van der Waals surface area contributed by atoms with Crippen LogP contribution in [-0.4, -0.2) is 5.11 Å². The van der Waals surface area contributed by atoms with Crippen LogP contribution in [0.25, 0.3) is 0 Å². The van der Waals surface area contributed by atoms with Gasteiger partial charge < -0.3 is 5.11 Å². The molecule has 150 valence electrons. The van der Waals surface area contributed by atoms with Gasteiger partial charge in [-0.1, -0.05) is 84.9 Å². The van der Waals surface area contributed by atoms with Crippen LogP contribution < -0.4 is 0 Å². The zero-order valence-electron chi connectivity index (χ0n) is 18.7. The third kappa shape index (κ3) is 10.2. The van der Waals surface area contributed by atoms with Gasteiger partial charge in [0, 0.05) is 0 Å². The fraction of sp³-hybridized carbons (Fsp3) is 0.760. The third-order valence-corrected chi connectivity index (χ3v) is 5.16. The summed E-state index contributed by atoms with van der Waals surface area (Å²) in [7, 11) is 0. The molecule has 26 heavy (non-hydrogen) atoms. The second kappa shape index (κ2) is 10.4. The van der Waals surface area contributed by atoms with E-state index in [1.165, 1.54) is 56.9 Å². The number of aromatic hydroxyl groups is 1. The predicted molar refractivity (Wildman–Crippen MR) is 116 cm³/mol. The van der Waals surface area contributed by atoms with Gasteiger partial charge in [0.05, 0.1) is 0 Å².